The van der Waals surface area contributed by atoms with Crippen molar-refractivity contribution in [3.05, 3.63) is 35.4 Å². The van der Waals surface area contributed by atoms with Crippen molar-refractivity contribution in [1.29, 1.82) is 0 Å². The highest BCUT2D eigenvalue weighted by Gasteiger charge is 2.31. The average molecular weight is 344 g/mol. The monoisotopic (exact) mass is 343 g/mol. The van der Waals surface area contributed by atoms with Gasteiger partial charge in [0.2, 0.25) is 0 Å². The summed E-state index contributed by atoms with van der Waals surface area (Å²) in [7, 11) is 0. The van der Waals surface area contributed by atoms with Crippen LogP contribution >= 0.6 is 0 Å². The van der Waals surface area contributed by atoms with E-state index in [0.717, 1.165) is 45.1 Å². The fourth-order valence-electron chi connectivity index (χ4n) is 4.77. The zero-order valence-electron chi connectivity index (χ0n) is 15.4. The summed E-state index contributed by atoms with van der Waals surface area (Å²) in [5, 5.41) is 13.4. The second-order valence-electron chi connectivity index (χ2n) is 8.26. The Balaban J connectivity index is 1.22. The van der Waals surface area contributed by atoms with Crippen LogP contribution in [0, 0.1) is 0 Å². The van der Waals surface area contributed by atoms with Gasteiger partial charge in [0.15, 0.2) is 0 Å². The Morgan fingerprint density at radius 1 is 0.920 bits per heavy atom. The third kappa shape index (κ3) is 4.62. The Hall–Kier alpha value is -0.940. The highest BCUT2D eigenvalue weighted by Crippen LogP contribution is 2.27. The van der Waals surface area contributed by atoms with Crippen molar-refractivity contribution in [2.75, 3.05) is 26.2 Å². The molecule has 3 heterocycles. The first-order valence-electron chi connectivity index (χ1n) is 10.2. The first-order chi connectivity index (χ1) is 12.3. The van der Waals surface area contributed by atoms with Crippen molar-refractivity contribution in [3.8, 4) is 0 Å². The lowest BCUT2D eigenvalue weighted by molar-refractivity contribution is 0.0792. The van der Waals surface area contributed by atoms with Gasteiger partial charge in [0, 0.05) is 38.3 Å². The zero-order chi connectivity index (χ0) is 17.1. The van der Waals surface area contributed by atoms with E-state index in [-0.39, 0.29) is 6.10 Å². The van der Waals surface area contributed by atoms with Gasteiger partial charge in [-0.05, 0) is 62.7 Å². The van der Waals surface area contributed by atoms with Gasteiger partial charge in [-0.3, -0.25) is 4.90 Å². The largest absolute Gasteiger partial charge is 0.393 e. The van der Waals surface area contributed by atoms with Gasteiger partial charge in [-0.1, -0.05) is 24.3 Å². The van der Waals surface area contributed by atoms with Gasteiger partial charge < -0.3 is 15.3 Å². The van der Waals surface area contributed by atoms with E-state index < -0.39 is 0 Å². The van der Waals surface area contributed by atoms with Crippen LogP contribution in [0.5, 0.6) is 0 Å². The maximum Gasteiger partial charge on any atom is 0.0564 e. The van der Waals surface area contributed by atoms with Gasteiger partial charge in [-0.2, -0.15) is 0 Å². The molecule has 1 aromatic rings. The molecule has 4 heteroatoms. The van der Waals surface area contributed by atoms with Crippen LogP contribution in [0.3, 0.4) is 0 Å². The average Bonchev–Trinajstić information content (AvgIpc) is 3.11. The van der Waals surface area contributed by atoms with E-state index in [9.17, 15) is 5.11 Å². The first-order valence-corrected chi connectivity index (χ1v) is 10.2. The predicted octanol–water partition coefficient (Wildman–Crippen LogP) is 2.36. The molecule has 3 fully saturated rings. The number of aliphatic hydroxyl groups is 1. The van der Waals surface area contributed by atoms with Crippen LogP contribution in [0.25, 0.3) is 0 Å². The van der Waals surface area contributed by atoms with Crippen molar-refractivity contribution < 1.29 is 5.11 Å². The van der Waals surface area contributed by atoms with Crippen LogP contribution in [0.15, 0.2) is 24.3 Å². The first kappa shape index (κ1) is 17.5. The summed E-state index contributed by atoms with van der Waals surface area (Å²) >= 11 is 0. The molecule has 3 aliphatic heterocycles. The number of benzene rings is 1. The second-order valence-corrected chi connectivity index (χ2v) is 8.26. The Bertz CT molecular complexity index is 539. The molecule has 4 nitrogen and oxygen atoms in total. The Morgan fingerprint density at radius 3 is 2.48 bits per heavy atom. The van der Waals surface area contributed by atoms with Crippen molar-refractivity contribution in [1.82, 2.24) is 15.1 Å². The van der Waals surface area contributed by atoms with E-state index in [0.29, 0.717) is 6.04 Å². The SMILES string of the molecule is OC1CCN(Cc2ccc(CNC3CCN4CCCC4C3)cc2)CC1. The fraction of sp³-hybridized carbons (Fsp3) is 0.714. The molecule has 0 amide bonds. The van der Waals surface area contributed by atoms with Crippen molar-refractivity contribution in [2.24, 2.45) is 0 Å². The third-order valence-corrected chi connectivity index (χ3v) is 6.40. The number of aliphatic hydroxyl groups excluding tert-OH is 1. The summed E-state index contributed by atoms with van der Waals surface area (Å²) < 4.78 is 0. The number of hydrogen-bond donors (Lipinski definition) is 2. The van der Waals surface area contributed by atoms with Gasteiger partial charge >= 0.3 is 0 Å². The standard InChI is InChI=1S/C21H33N3O/c25-21-8-11-23(12-9-21)16-18-5-3-17(4-6-18)15-22-19-7-13-24-10-1-2-20(24)14-19/h3-6,19-22,25H,1-2,7-16H2. The molecule has 3 aliphatic rings. The maximum absolute atomic E-state index is 9.61. The highest BCUT2D eigenvalue weighted by molar-refractivity contribution is 5.22. The molecule has 2 N–H and O–H groups in total. The molecule has 0 bridgehead atoms. The molecule has 138 valence electrons. The minimum atomic E-state index is -0.0826. The molecular formula is C21H33N3O. The van der Waals surface area contributed by atoms with Crippen LogP contribution in [-0.4, -0.2) is 59.3 Å². The van der Waals surface area contributed by atoms with E-state index in [1.807, 2.05) is 0 Å². The molecule has 0 aromatic heterocycles. The van der Waals surface area contributed by atoms with Gasteiger partial charge in [0.05, 0.1) is 6.10 Å². The summed E-state index contributed by atoms with van der Waals surface area (Å²) in [6, 6.07) is 10.7. The number of rotatable bonds is 5. The van der Waals surface area contributed by atoms with Crippen molar-refractivity contribution >= 4 is 0 Å². The molecule has 2 atom stereocenters. The highest BCUT2D eigenvalue weighted by atomic mass is 16.3. The molecule has 25 heavy (non-hydrogen) atoms. The van der Waals surface area contributed by atoms with E-state index in [1.165, 1.54) is 49.9 Å². The predicted molar refractivity (Wildman–Crippen MR) is 101 cm³/mol. The van der Waals surface area contributed by atoms with Crippen LogP contribution < -0.4 is 5.32 Å². The molecule has 0 aliphatic carbocycles. The van der Waals surface area contributed by atoms with E-state index in [1.54, 1.807) is 0 Å². The smallest absolute Gasteiger partial charge is 0.0564 e. The molecule has 1 aromatic carbocycles. The number of nitrogens with one attached hydrogen (secondary N) is 1. The van der Waals surface area contributed by atoms with E-state index in [2.05, 4.69) is 39.4 Å². The van der Waals surface area contributed by atoms with Crippen molar-refractivity contribution in [3.63, 3.8) is 0 Å². The lowest BCUT2D eigenvalue weighted by atomic mass is 9.97. The molecule has 0 saturated carbocycles. The van der Waals surface area contributed by atoms with Gasteiger partial charge in [0.1, 0.15) is 0 Å². The van der Waals surface area contributed by atoms with Gasteiger partial charge in [-0.25, -0.2) is 0 Å². The van der Waals surface area contributed by atoms with Crippen molar-refractivity contribution in [2.45, 2.75) is 69.8 Å². The normalized spacial score (nSPS) is 29.0. The number of nitrogens with zero attached hydrogens (tertiary/aromatic N) is 2. The zero-order valence-corrected chi connectivity index (χ0v) is 15.4. The lowest BCUT2D eigenvalue weighted by Crippen LogP contribution is -2.45. The molecule has 0 radical (unpaired) electrons. The summed E-state index contributed by atoms with van der Waals surface area (Å²) in [5.74, 6) is 0. The van der Waals surface area contributed by atoms with Gasteiger partial charge in [0.25, 0.3) is 0 Å². The molecule has 2 unspecified atom stereocenters. The summed E-state index contributed by atoms with van der Waals surface area (Å²) in [5.41, 5.74) is 2.78. The summed E-state index contributed by atoms with van der Waals surface area (Å²) in [6.07, 6.45) is 7.19. The number of likely N-dealkylation sites (tertiary alicyclic amines) is 1. The van der Waals surface area contributed by atoms with Crippen LogP contribution in [-0.2, 0) is 13.1 Å². The molecule has 3 saturated heterocycles. The second kappa shape index (κ2) is 8.17. The Kier molecular flexibility index (Phi) is 5.71. The summed E-state index contributed by atoms with van der Waals surface area (Å²) in [6.45, 7) is 6.66. The quantitative estimate of drug-likeness (QED) is 0.861. The van der Waals surface area contributed by atoms with E-state index >= 15 is 0 Å². The Morgan fingerprint density at radius 2 is 1.68 bits per heavy atom. The Labute approximate surface area is 152 Å². The maximum atomic E-state index is 9.61. The topological polar surface area (TPSA) is 38.7 Å². The van der Waals surface area contributed by atoms with Crippen LogP contribution in [0.4, 0.5) is 0 Å². The van der Waals surface area contributed by atoms with Crippen LogP contribution in [0.2, 0.25) is 0 Å². The number of hydrogen-bond acceptors (Lipinski definition) is 4. The number of piperidine rings is 2. The minimum Gasteiger partial charge on any atom is -0.393 e. The number of fused-ring (bicyclic) bond motifs is 1. The minimum absolute atomic E-state index is 0.0826. The summed E-state index contributed by atoms with van der Waals surface area (Å²) in [4.78, 5) is 5.14. The molecule has 4 rings (SSSR count). The van der Waals surface area contributed by atoms with Crippen LogP contribution in [0.1, 0.15) is 49.7 Å². The fourth-order valence-corrected chi connectivity index (χ4v) is 4.77. The molecule has 0 spiro atoms. The third-order valence-electron chi connectivity index (χ3n) is 6.40. The lowest BCUT2D eigenvalue weighted by Gasteiger charge is -2.35. The van der Waals surface area contributed by atoms with E-state index in [4.69, 9.17) is 0 Å². The van der Waals surface area contributed by atoms with Gasteiger partial charge in [-0.15, -0.1) is 0 Å². The molecular weight excluding hydrogens is 310 g/mol.